The van der Waals surface area contributed by atoms with Gasteiger partial charge in [0.15, 0.2) is 0 Å². The first-order chi connectivity index (χ1) is 9.47. The van der Waals surface area contributed by atoms with Gasteiger partial charge in [0.2, 0.25) is 5.91 Å². The molecule has 2 aromatic rings. The summed E-state index contributed by atoms with van der Waals surface area (Å²) in [6, 6.07) is 11.7. The molecule has 0 radical (unpaired) electrons. The molecular weight excluding hydrogens is 276 g/mol. The molecule has 0 spiro atoms. The Morgan fingerprint density at radius 2 is 2.00 bits per heavy atom. The number of hydrogen-bond acceptors (Lipinski definition) is 4. The van der Waals surface area contributed by atoms with Gasteiger partial charge in [-0.25, -0.2) is 0 Å². The van der Waals surface area contributed by atoms with Crippen molar-refractivity contribution in [3.8, 4) is 0 Å². The highest BCUT2D eigenvalue weighted by molar-refractivity contribution is 7.99. The van der Waals surface area contributed by atoms with Gasteiger partial charge in [0, 0.05) is 16.5 Å². The molecule has 0 aliphatic carbocycles. The standard InChI is InChI=1S/C14H12N2O3S/c1-9-5-6-13(12(7-9)16(18)19)20-11-4-2-3-10(8-11)14(15)17/h2-8H,1H3,(H2,15,17). The fraction of sp³-hybridized carbons (Fsp3) is 0.0714. The number of amides is 1. The molecule has 0 unspecified atom stereocenters. The maximum Gasteiger partial charge on any atom is 0.283 e. The lowest BCUT2D eigenvalue weighted by molar-refractivity contribution is -0.387. The van der Waals surface area contributed by atoms with Crippen LogP contribution >= 0.6 is 11.8 Å². The van der Waals surface area contributed by atoms with E-state index in [0.29, 0.717) is 10.5 Å². The molecule has 2 N–H and O–H groups in total. The largest absolute Gasteiger partial charge is 0.366 e. The van der Waals surface area contributed by atoms with Crippen LogP contribution in [-0.2, 0) is 0 Å². The van der Waals surface area contributed by atoms with Crippen LogP contribution in [0, 0.1) is 17.0 Å². The van der Waals surface area contributed by atoms with Gasteiger partial charge in [0.25, 0.3) is 5.69 Å². The summed E-state index contributed by atoms with van der Waals surface area (Å²) in [5.74, 6) is -0.522. The summed E-state index contributed by atoms with van der Waals surface area (Å²) >= 11 is 1.23. The normalized spacial score (nSPS) is 10.2. The molecular formula is C14H12N2O3S. The Hall–Kier alpha value is -2.34. The summed E-state index contributed by atoms with van der Waals surface area (Å²) in [5, 5.41) is 11.1. The van der Waals surface area contributed by atoms with E-state index in [-0.39, 0.29) is 5.69 Å². The summed E-state index contributed by atoms with van der Waals surface area (Å²) < 4.78 is 0. The first kappa shape index (κ1) is 14.1. The van der Waals surface area contributed by atoms with Crippen molar-refractivity contribution in [3.63, 3.8) is 0 Å². The van der Waals surface area contributed by atoms with Crippen LogP contribution in [0.3, 0.4) is 0 Å². The second kappa shape index (κ2) is 5.75. The Balaban J connectivity index is 2.37. The van der Waals surface area contributed by atoms with Gasteiger partial charge >= 0.3 is 0 Å². The van der Waals surface area contributed by atoms with Crippen LogP contribution in [0.1, 0.15) is 15.9 Å². The lowest BCUT2D eigenvalue weighted by Crippen LogP contribution is -2.10. The van der Waals surface area contributed by atoms with E-state index in [1.807, 2.05) is 6.07 Å². The van der Waals surface area contributed by atoms with Crippen LogP contribution in [0.2, 0.25) is 0 Å². The van der Waals surface area contributed by atoms with E-state index in [9.17, 15) is 14.9 Å². The number of carbonyl (C=O) groups excluding carboxylic acids is 1. The van der Waals surface area contributed by atoms with Gasteiger partial charge < -0.3 is 5.73 Å². The van der Waals surface area contributed by atoms with Crippen molar-refractivity contribution in [1.29, 1.82) is 0 Å². The SMILES string of the molecule is Cc1ccc(Sc2cccc(C(N)=O)c2)c([N+](=O)[O-])c1. The zero-order chi connectivity index (χ0) is 14.7. The third-order valence-electron chi connectivity index (χ3n) is 2.66. The minimum absolute atomic E-state index is 0.0551. The molecule has 0 fully saturated rings. The van der Waals surface area contributed by atoms with Crippen molar-refractivity contribution in [2.45, 2.75) is 16.7 Å². The van der Waals surface area contributed by atoms with Crippen LogP contribution in [0.4, 0.5) is 5.69 Å². The summed E-state index contributed by atoms with van der Waals surface area (Å²) in [6.07, 6.45) is 0. The van der Waals surface area contributed by atoms with Gasteiger partial charge in [-0.2, -0.15) is 0 Å². The quantitative estimate of drug-likeness (QED) is 0.691. The summed E-state index contributed by atoms with van der Waals surface area (Å²) in [5.41, 5.74) is 6.48. The highest BCUT2D eigenvalue weighted by Gasteiger charge is 2.15. The fourth-order valence-electron chi connectivity index (χ4n) is 1.70. The maximum atomic E-state index is 11.1. The van der Waals surface area contributed by atoms with Crippen molar-refractivity contribution < 1.29 is 9.72 Å². The molecule has 0 heterocycles. The lowest BCUT2D eigenvalue weighted by Gasteiger charge is -2.05. The summed E-state index contributed by atoms with van der Waals surface area (Å²) in [6.45, 7) is 1.80. The smallest absolute Gasteiger partial charge is 0.283 e. The average Bonchev–Trinajstić information content (AvgIpc) is 2.41. The molecule has 102 valence electrons. The van der Waals surface area contributed by atoms with Crippen LogP contribution in [0.15, 0.2) is 52.3 Å². The van der Waals surface area contributed by atoms with Gasteiger partial charge in [-0.15, -0.1) is 0 Å². The number of primary amides is 1. The monoisotopic (exact) mass is 288 g/mol. The van der Waals surface area contributed by atoms with E-state index in [1.165, 1.54) is 17.8 Å². The predicted molar refractivity (Wildman–Crippen MR) is 76.9 cm³/mol. The summed E-state index contributed by atoms with van der Waals surface area (Å²) in [4.78, 5) is 23.0. The van der Waals surface area contributed by atoms with Gasteiger partial charge in [0.05, 0.1) is 9.82 Å². The van der Waals surface area contributed by atoms with Gasteiger partial charge in [-0.05, 0) is 36.8 Å². The number of nitro benzene ring substituents is 1. The van der Waals surface area contributed by atoms with E-state index in [2.05, 4.69) is 0 Å². The molecule has 6 heteroatoms. The Bertz CT molecular complexity index is 686. The van der Waals surface area contributed by atoms with Crippen LogP contribution in [0.25, 0.3) is 0 Å². The third-order valence-corrected chi connectivity index (χ3v) is 3.71. The predicted octanol–water partition coefficient (Wildman–Crippen LogP) is 3.15. The van der Waals surface area contributed by atoms with Crippen LogP contribution in [0.5, 0.6) is 0 Å². The van der Waals surface area contributed by atoms with E-state index in [0.717, 1.165) is 10.5 Å². The number of aryl methyl sites for hydroxylation is 1. The van der Waals surface area contributed by atoms with Gasteiger partial charge in [0.1, 0.15) is 0 Å². The van der Waals surface area contributed by atoms with Crippen molar-refractivity contribution in [3.05, 3.63) is 63.7 Å². The molecule has 0 saturated carbocycles. The van der Waals surface area contributed by atoms with Crippen molar-refractivity contribution in [2.24, 2.45) is 5.73 Å². The van der Waals surface area contributed by atoms with Crippen LogP contribution < -0.4 is 5.73 Å². The molecule has 0 bridgehead atoms. The number of nitrogens with two attached hydrogens (primary N) is 1. The van der Waals surface area contributed by atoms with Crippen molar-refractivity contribution in [2.75, 3.05) is 0 Å². The Morgan fingerprint density at radius 3 is 2.65 bits per heavy atom. The number of benzene rings is 2. The topological polar surface area (TPSA) is 86.2 Å². The molecule has 1 amide bonds. The van der Waals surface area contributed by atoms with Crippen molar-refractivity contribution >= 4 is 23.4 Å². The molecule has 20 heavy (non-hydrogen) atoms. The molecule has 0 aliphatic rings. The molecule has 5 nitrogen and oxygen atoms in total. The van der Waals surface area contributed by atoms with E-state index in [1.54, 1.807) is 37.3 Å². The third kappa shape index (κ3) is 3.16. The number of rotatable bonds is 4. The van der Waals surface area contributed by atoms with Gasteiger partial charge in [-0.1, -0.05) is 23.9 Å². The number of nitrogens with zero attached hydrogens (tertiary/aromatic N) is 1. The first-order valence-electron chi connectivity index (χ1n) is 5.80. The second-order valence-corrected chi connectivity index (χ2v) is 5.34. The minimum Gasteiger partial charge on any atom is -0.366 e. The zero-order valence-corrected chi connectivity index (χ0v) is 11.5. The molecule has 0 atom stereocenters. The molecule has 0 aliphatic heterocycles. The highest BCUT2D eigenvalue weighted by Crippen LogP contribution is 2.35. The van der Waals surface area contributed by atoms with E-state index >= 15 is 0 Å². The first-order valence-corrected chi connectivity index (χ1v) is 6.62. The zero-order valence-electron chi connectivity index (χ0n) is 10.7. The molecule has 2 aromatic carbocycles. The number of nitro groups is 1. The highest BCUT2D eigenvalue weighted by atomic mass is 32.2. The summed E-state index contributed by atoms with van der Waals surface area (Å²) in [7, 11) is 0. The molecule has 0 saturated heterocycles. The molecule has 2 rings (SSSR count). The van der Waals surface area contributed by atoms with Crippen LogP contribution in [-0.4, -0.2) is 10.8 Å². The second-order valence-electron chi connectivity index (χ2n) is 4.22. The Kier molecular flexibility index (Phi) is 4.05. The molecule has 0 aromatic heterocycles. The maximum absolute atomic E-state index is 11.1. The lowest BCUT2D eigenvalue weighted by atomic mass is 10.2. The minimum atomic E-state index is -0.522. The van der Waals surface area contributed by atoms with Crippen molar-refractivity contribution in [1.82, 2.24) is 0 Å². The Morgan fingerprint density at radius 1 is 1.25 bits per heavy atom. The van der Waals surface area contributed by atoms with E-state index in [4.69, 9.17) is 5.73 Å². The van der Waals surface area contributed by atoms with E-state index < -0.39 is 10.8 Å². The average molecular weight is 288 g/mol. The fourth-order valence-corrected chi connectivity index (χ4v) is 2.66. The van der Waals surface area contributed by atoms with Gasteiger partial charge in [-0.3, -0.25) is 14.9 Å². The number of hydrogen-bond donors (Lipinski definition) is 1. The Labute approximate surface area is 119 Å². The number of carbonyl (C=O) groups is 1.